The van der Waals surface area contributed by atoms with Crippen molar-refractivity contribution in [1.29, 1.82) is 0 Å². The topological polar surface area (TPSA) is 113 Å². The van der Waals surface area contributed by atoms with Crippen LogP contribution in [0.3, 0.4) is 0 Å². The van der Waals surface area contributed by atoms with Crippen LogP contribution in [0.25, 0.3) is 0 Å². The fourth-order valence-electron chi connectivity index (χ4n) is 3.60. The number of benzene rings is 2. The van der Waals surface area contributed by atoms with Gasteiger partial charge in [0.2, 0.25) is 5.91 Å². The van der Waals surface area contributed by atoms with Crippen molar-refractivity contribution in [2.75, 3.05) is 31.1 Å². The Morgan fingerprint density at radius 2 is 1.88 bits per heavy atom. The number of alkyl halides is 3. The molecule has 1 fully saturated rings. The first-order valence-electron chi connectivity index (χ1n) is 10.1. The molecule has 7 nitrogen and oxygen atoms in total. The summed E-state index contributed by atoms with van der Waals surface area (Å²) in [5.74, 6) is -1.26. The number of halogens is 3. The van der Waals surface area contributed by atoms with E-state index in [1.807, 2.05) is 25.1 Å². The van der Waals surface area contributed by atoms with Crippen molar-refractivity contribution < 1.29 is 22.8 Å². The van der Waals surface area contributed by atoms with Crippen LogP contribution >= 0.6 is 0 Å². The molecule has 1 atom stereocenters. The highest BCUT2D eigenvalue weighted by atomic mass is 19.4. The molecule has 0 bridgehead atoms. The molecule has 0 spiro atoms. The average Bonchev–Trinajstić information content (AvgIpc) is 3.15. The minimum atomic E-state index is -4.60. The molecule has 1 saturated heterocycles. The summed E-state index contributed by atoms with van der Waals surface area (Å²) in [5, 5.41) is 5.17. The van der Waals surface area contributed by atoms with Crippen LogP contribution in [0.5, 0.6) is 0 Å². The molecular formula is C22H26F3N5O2. The lowest BCUT2D eigenvalue weighted by atomic mass is 10.1. The smallest absolute Gasteiger partial charge is 0.399 e. The molecule has 2 amide bonds. The summed E-state index contributed by atoms with van der Waals surface area (Å²) < 4.78 is 38.6. The number of likely N-dealkylation sites (tertiary alicyclic amines) is 1. The van der Waals surface area contributed by atoms with Gasteiger partial charge in [-0.2, -0.15) is 13.2 Å². The van der Waals surface area contributed by atoms with Gasteiger partial charge in [0.15, 0.2) is 0 Å². The molecular weight excluding hydrogens is 423 g/mol. The zero-order chi connectivity index (χ0) is 23.5. The number of rotatable bonds is 6. The van der Waals surface area contributed by atoms with Crippen LogP contribution in [-0.2, 0) is 17.5 Å². The van der Waals surface area contributed by atoms with Crippen molar-refractivity contribution in [3.63, 3.8) is 0 Å². The van der Waals surface area contributed by atoms with Gasteiger partial charge in [0.1, 0.15) is 0 Å². The van der Waals surface area contributed by atoms with Crippen molar-refractivity contribution in [1.82, 2.24) is 15.5 Å². The third-order valence-electron chi connectivity index (χ3n) is 5.42. The molecule has 0 radical (unpaired) electrons. The van der Waals surface area contributed by atoms with Crippen LogP contribution in [0.4, 0.5) is 24.5 Å². The highest BCUT2D eigenvalue weighted by Gasteiger charge is 2.31. The molecule has 32 heavy (non-hydrogen) atoms. The molecule has 3 rings (SSSR count). The Kier molecular flexibility index (Phi) is 6.93. The summed E-state index contributed by atoms with van der Waals surface area (Å²) >= 11 is 0. The van der Waals surface area contributed by atoms with Gasteiger partial charge in [-0.15, -0.1) is 0 Å². The third-order valence-corrected chi connectivity index (χ3v) is 5.42. The molecule has 6 N–H and O–H groups in total. The quantitative estimate of drug-likeness (QED) is 0.506. The number of nitrogens with one attached hydrogen (secondary N) is 2. The minimum Gasteiger partial charge on any atom is -0.399 e. The van der Waals surface area contributed by atoms with Crippen molar-refractivity contribution in [2.24, 2.45) is 0 Å². The van der Waals surface area contributed by atoms with Crippen molar-refractivity contribution in [2.45, 2.75) is 32.1 Å². The van der Waals surface area contributed by atoms with Gasteiger partial charge in [-0.3, -0.25) is 14.5 Å². The van der Waals surface area contributed by atoms with Crippen molar-refractivity contribution in [3.8, 4) is 0 Å². The maximum absolute atomic E-state index is 12.9. The Balaban J connectivity index is 1.48. The molecule has 0 saturated carbocycles. The van der Waals surface area contributed by atoms with Gasteiger partial charge in [-0.05, 0) is 48.7 Å². The Morgan fingerprint density at radius 1 is 1.12 bits per heavy atom. The third kappa shape index (κ3) is 5.91. The summed E-state index contributed by atoms with van der Waals surface area (Å²) in [6.07, 6.45) is -3.85. The molecule has 1 aliphatic rings. The van der Waals surface area contributed by atoms with E-state index in [-0.39, 0.29) is 23.8 Å². The first-order chi connectivity index (χ1) is 15.0. The Labute approximate surface area is 183 Å². The zero-order valence-electron chi connectivity index (χ0n) is 17.6. The van der Waals surface area contributed by atoms with E-state index in [1.54, 1.807) is 0 Å². The first kappa shape index (κ1) is 23.4. The number of nitrogens with two attached hydrogens (primary N) is 2. The predicted molar refractivity (Wildman–Crippen MR) is 116 cm³/mol. The van der Waals surface area contributed by atoms with Crippen LogP contribution in [-0.4, -0.2) is 42.4 Å². The number of aryl methyl sites for hydroxylation is 1. The summed E-state index contributed by atoms with van der Waals surface area (Å²) in [6.45, 7) is 3.74. The molecule has 0 unspecified atom stereocenters. The molecule has 0 aliphatic carbocycles. The first-order valence-corrected chi connectivity index (χ1v) is 10.1. The number of hydrogen-bond donors (Lipinski definition) is 4. The van der Waals surface area contributed by atoms with Crippen LogP contribution in [0.15, 0.2) is 36.4 Å². The summed E-state index contributed by atoms with van der Waals surface area (Å²) in [5.41, 5.74) is 13.0. The standard InChI is InChI=1S/C22H26F3N5O2/c1-13-2-3-14(8-19(13)27)11-30-7-6-16(12-30)29-20(31)10-28-21(32)17-9-15(22(23,24)25)4-5-18(17)26/h2-5,8-9,16H,6-7,10-12,26-27H2,1H3,(H,28,32)(H,29,31)/t16-/m1/s1. The normalized spacial score (nSPS) is 16.7. The Bertz CT molecular complexity index is 1010. The van der Waals surface area contributed by atoms with Gasteiger partial charge in [0, 0.05) is 37.1 Å². The summed E-state index contributed by atoms with van der Waals surface area (Å²) in [4.78, 5) is 26.6. The van der Waals surface area contributed by atoms with Gasteiger partial charge >= 0.3 is 6.18 Å². The molecule has 10 heteroatoms. The van der Waals surface area contributed by atoms with Crippen LogP contribution < -0.4 is 22.1 Å². The molecule has 1 heterocycles. The number of hydrogen-bond acceptors (Lipinski definition) is 5. The lowest BCUT2D eigenvalue weighted by molar-refractivity contribution is -0.137. The van der Waals surface area contributed by atoms with E-state index in [4.69, 9.17) is 11.5 Å². The lowest BCUT2D eigenvalue weighted by Crippen LogP contribution is -2.43. The highest BCUT2D eigenvalue weighted by Crippen LogP contribution is 2.31. The number of anilines is 2. The van der Waals surface area contributed by atoms with Gasteiger partial charge in [0.05, 0.1) is 17.7 Å². The predicted octanol–water partition coefficient (Wildman–Crippen LogP) is 2.30. The van der Waals surface area contributed by atoms with Crippen molar-refractivity contribution >= 4 is 23.2 Å². The maximum atomic E-state index is 12.9. The molecule has 2 aromatic rings. The molecule has 172 valence electrons. The second kappa shape index (κ2) is 9.47. The van der Waals surface area contributed by atoms with E-state index < -0.39 is 23.6 Å². The minimum absolute atomic E-state index is 0.0826. The largest absolute Gasteiger partial charge is 0.416 e. The SMILES string of the molecule is Cc1ccc(CN2CC[C@@H](NC(=O)CNC(=O)c3cc(C(F)(F)F)ccc3N)C2)cc1N. The maximum Gasteiger partial charge on any atom is 0.416 e. The van der Waals surface area contributed by atoms with Gasteiger partial charge in [-0.1, -0.05) is 12.1 Å². The number of carbonyl (C=O) groups is 2. The summed E-state index contributed by atoms with van der Waals surface area (Å²) in [6, 6.07) is 8.35. The van der Waals surface area contributed by atoms with Crippen molar-refractivity contribution in [3.05, 3.63) is 58.7 Å². The number of amides is 2. The number of carbonyl (C=O) groups excluding carboxylic acids is 2. The zero-order valence-corrected chi connectivity index (χ0v) is 17.6. The van der Waals surface area contributed by atoms with Crippen LogP contribution in [0.1, 0.15) is 33.5 Å². The fraction of sp³-hybridized carbons (Fsp3) is 0.364. The van der Waals surface area contributed by atoms with E-state index in [2.05, 4.69) is 15.5 Å². The molecule has 1 aliphatic heterocycles. The van der Waals surface area contributed by atoms with Crippen LogP contribution in [0.2, 0.25) is 0 Å². The highest BCUT2D eigenvalue weighted by molar-refractivity contribution is 6.00. The van der Waals surface area contributed by atoms with E-state index in [0.29, 0.717) is 19.2 Å². The lowest BCUT2D eigenvalue weighted by Gasteiger charge is -2.17. The molecule has 2 aromatic carbocycles. The molecule has 0 aromatic heterocycles. The van der Waals surface area contributed by atoms with Gasteiger partial charge in [0.25, 0.3) is 5.91 Å². The summed E-state index contributed by atoms with van der Waals surface area (Å²) in [7, 11) is 0. The monoisotopic (exact) mass is 449 g/mol. The number of nitrogens with zero attached hydrogens (tertiary/aromatic N) is 1. The van der Waals surface area contributed by atoms with E-state index in [1.165, 1.54) is 0 Å². The second-order valence-corrected chi connectivity index (χ2v) is 7.96. The fourth-order valence-corrected chi connectivity index (χ4v) is 3.60. The average molecular weight is 449 g/mol. The Morgan fingerprint density at radius 3 is 2.56 bits per heavy atom. The number of nitrogen functional groups attached to an aromatic ring is 2. The van der Waals surface area contributed by atoms with Gasteiger partial charge < -0.3 is 22.1 Å². The van der Waals surface area contributed by atoms with E-state index >= 15 is 0 Å². The van der Waals surface area contributed by atoms with Crippen LogP contribution in [0, 0.1) is 6.92 Å². The van der Waals surface area contributed by atoms with E-state index in [0.717, 1.165) is 41.9 Å². The van der Waals surface area contributed by atoms with Gasteiger partial charge in [-0.25, -0.2) is 0 Å². The second-order valence-electron chi connectivity index (χ2n) is 7.96. The Hall–Kier alpha value is -3.27. The van der Waals surface area contributed by atoms with E-state index in [9.17, 15) is 22.8 Å².